The average Bonchev–Trinajstić information content (AvgIpc) is 2.97. The number of hydrogen-bond donors (Lipinski definition) is 2. The fourth-order valence-corrected chi connectivity index (χ4v) is 2.64. The molecule has 0 radical (unpaired) electrons. The lowest BCUT2D eigenvalue weighted by atomic mass is 9.67. The molecular weight excluding hydrogens is 228 g/mol. The zero-order valence-corrected chi connectivity index (χ0v) is 11.6. The fourth-order valence-electron chi connectivity index (χ4n) is 2.64. The molecule has 0 aliphatic heterocycles. The summed E-state index contributed by atoms with van der Waals surface area (Å²) in [5, 5.41) is 6.05. The molecule has 4 heteroatoms. The molecule has 0 heterocycles. The summed E-state index contributed by atoms with van der Waals surface area (Å²) in [7, 11) is 0. The molecule has 0 bridgehead atoms. The van der Waals surface area contributed by atoms with Crippen molar-refractivity contribution >= 4 is 6.03 Å². The average molecular weight is 254 g/mol. The lowest BCUT2D eigenvalue weighted by molar-refractivity contribution is 0.0557. The van der Waals surface area contributed by atoms with Crippen LogP contribution in [0, 0.1) is 11.3 Å². The first-order valence-corrected chi connectivity index (χ1v) is 7.27. The van der Waals surface area contributed by atoms with Gasteiger partial charge in [0.05, 0.1) is 0 Å². The van der Waals surface area contributed by atoms with Crippen LogP contribution in [-0.4, -0.2) is 31.8 Å². The van der Waals surface area contributed by atoms with E-state index in [1.807, 2.05) is 6.92 Å². The highest BCUT2D eigenvalue weighted by Gasteiger charge is 2.38. The predicted octanol–water partition coefficient (Wildman–Crippen LogP) is 2.29. The van der Waals surface area contributed by atoms with E-state index >= 15 is 0 Å². The summed E-state index contributed by atoms with van der Waals surface area (Å²) in [5.41, 5.74) is 0.307. The van der Waals surface area contributed by atoms with E-state index in [0.29, 0.717) is 17.4 Å². The first kappa shape index (κ1) is 13.7. The molecular formula is C14H26N2O2. The first-order valence-electron chi connectivity index (χ1n) is 7.27. The number of hydrogen-bond acceptors (Lipinski definition) is 2. The maximum Gasteiger partial charge on any atom is 0.315 e. The van der Waals surface area contributed by atoms with Crippen LogP contribution in [-0.2, 0) is 4.74 Å². The molecule has 0 aromatic rings. The molecule has 104 valence electrons. The van der Waals surface area contributed by atoms with Crippen LogP contribution in [0.1, 0.15) is 46.0 Å². The molecule has 0 aromatic heterocycles. The first-order chi connectivity index (χ1) is 8.65. The minimum absolute atomic E-state index is 0.00651. The molecule has 2 saturated carbocycles. The van der Waals surface area contributed by atoms with Crippen molar-refractivity contribution in [1.82, 2.24) is 10.6 Å². The van der Waals surface area contributed by atoms with Crippen LogP contribution in [0.25, 0.3) is 0 Å². The molecule has 2 aliphatic carbocycles. The molecule has 0 spiro atoms. The van der Waals surface area contributed by atoms with Crippen molar-refractivity contribution in [2.45, 2.75) is 52.0 Å². The van der Waals surface area contributed by atoms with Gasteiger partial charge in [-0.25, -0.2) is 4.79 Å². The standard InChI is InChI=1S/C14H26N2O2/c1-3-18-8-7-14(5-4-6-14)10-15-13(17)16-12-9-11(12)2/h11-12H,3-10H2,1-2H3,(H2,15,16,17)/t11-,12+/m1/s1. The number of carbonyl (C=O) groups is 1. The molecule has 2 rings (SSSR count). The third-order valence-corrected chi connectivity index (χ3v) is 4.44. The Labute approximate surface area is 110 Å². The number of carbonyl (C=O) groups excluding carboxylic acids is 1. The molecule has 2 atom stereocenters. The Morgan fingerprint density at radius 3 is 2.67 bits per heavy atom. The summed E-state index contributed by atoms with van der Waals surface area (Å²) >= 11 is 0. The van der Waals surface area contributed by atoms with Gasteiger partial charge in [-0.05, 0) is 43.9 Å². The Balaban J connectivity index is 1.64. The van der Waals surface area contributed by atoms with Gasteiger partial charge in [0.1, 0.15) is 0 Å². The Hall–Kier alpha value is -0.770. The second kappa shape index (κ2) is 5.91. The minimum atomic E-state index is 0.00651. The van der Waals surface area contributed by atoms with Gasteiger partial charge < -0.3 is 15.4 Å². The number of urea groups is 1. The predicted molar refractivity (Wildman–Crippen MR) is 71.5 cm³/mol. The van der Waals surface area contributed by atoms with E-state index < -0.39 is 0 Å². The smallest absolute Gasteiger partial charge is 0.315 e. The van der Waals surface area contributed by atoms with E-state index in [-0.39, 0.29) is 6.03 Å². The maximum atomic E-state index is 11.7. The van der Waals surface area contributed by atoms with Crippen LogP contribution >= 0.6 is 0 Å². The maximum absolute atomic E-state index is 11.7. The van der Waals surface area contributed by atoms with Gasteiger partial charge in [0.25, 0.3) is 0 Å². The van der Waals surface area contributed by atoms with Gasteiger partial charge in [-0.3, -0.25) is 0 Å². The van der Waals surface area contributed by atoms with Crippen LogP contribution in [0.5, 0.6) is 0 Å². The van der Waals surface area contributed by atoms with Crippen molar-refractivity contribution in [3.05, 3.63) is 0 Å². The van der Waals surface area contributed by atoms with Gasteiger partial charge >= 0.3 is 6.03 Å². The van der Waals surface area contributed by atoms with Crippen LogP contribution in [0.2, 0.25) is 0 Å². The fraction of sp³-hybridized carbons (Fsp3) is 0.929. The Kier molecular flexibility index (Phi) is 4.49. The molecule has 0 aromatic carbocycles. The highest BCUT2D eigenvalue weighted by molar-refractivity contribution is 5.74. The topological polar surface area (TPSA) is 50.4 Å². The van der Waals surface area contributed by atoms with Gasteiger partial charge in [-0.15, -0.1) is 0 Å². The summed E-state index contributed by atoms with van der Waals surface area (Å²) in [6.07, 6.45) is 5.93. The zero-order valence-electron chi connectivity index (χ0n) is 11.6. The van der Waals surface area contributed by atoms with Crippen molar-refractivity contribution in [1.29, 1.82) is 0 Å². The van der Waals surface area contributed by atoms with Crippen molar-refractivity contribution < 1.29 is 9.53 Å². The summed E-state index contributed by atoms with van der Waals surface area (Å²) in [5.74, 6) is 0.659. The van der Waals surface area contributed by atoms with Crippen molar-refractivity contribution in [2.24, 2.45) is 11.3 Å². The number of nitrogens with one attached hydrogen (secondary N) is 2. The molecule has 0 unspecified atom stereocenters. The molecule has 2 fully saturated rings. The van der Waals surface area contributed by atoms with Crippen LogP contribution in [0.3, 0.4) is 0 Å². The summed E-state index contributed by atoms with van der Waals surface area (Å²) in [4.78, 5) is 11.7. The second-order valence-corrected chi connectivity index (χ2v) is 5.95. The van der Waals surface area contributed by atoms with E-state index in [2.05, 4.69) is 17.6 Å². The van der Waals surface area contributed by atoms with Gasteiger partial charge in [0.2, 0.25) is 0 Å². The lowest BCUT2D eigenvalue weighted by Gasteiger charge is -2.42. The quantitative estimate of drug-likeness (QED) is 0.685. The van der Waals surface area contributed by atoms with Gasteiger partial charge in [0.15, 0.2) is 0 Å². The van der Waals surface area contributed by atoms with Gasteiger partial charge in [-0.2, -0.15) is 0 Å². The number of amides is 2. The van der Waals surface area contributed by atoms with Gasteiger partial charge in [-0.1, -0.05) is 13.3 Å². The van der Waals surface area contributed by atoms with Crippen LogP contribution < -0.4 is 10.6 Å². The molecule has 2 amide bonds. The monoisotopic (exact) mass is 254 g/mol. The number of ether oxygens (including phenoxy) is 1. The zero-order chi connectivity index (χ0) is 13.0. The Bertz CT molecular complexity index is 290. The van der Waals surface area contributed by atoms with E-state index in [4.69, 9.17) is 4.74 Å². The van der Waals surface area contributed by atoms with Crippen molar-refractivity contribution in [3.63, 3.8) is 0 Å². The largest absolute Gasteiger partial charge is 0.382 e. The number of rotatable bonds is 7. The van der Waals surface area contributed by atoms with Crippen LogP contribution in [0.15, 0.2) is 0 Å². The molecule has 18 heavy (non-hydrogen) atoms. The molecule has 2 N–H and O–H groups in total. The summed E-state index contributed by atoms with van der Waals surface area (Å²) in [6.45, 7) is 6.59. The summed E-state index contributed by atoms with van der Waals surface area (Å²) in [6, 6.07) is 0.415. The van der Waals surface area contributed by atoms with E-state index in [1.165, 1.54) is 19.3 Å². The third kappa shape index (κ3) is 3.61. The molecule has 4 nitrogen and oxygen atoms in total. The van der Waals surface area contributed by atoms with Gasteiger partial charge in [0, 0.05) is 25.8 Å². The third-order valence-electron chi connectivity index (χ3n) is 4.44. The van der Waals surface area contributed by atoms with E-state index in [9.17, 15) is 4.79 Å². The van der Waals surface area contributed by atoms with Crippen molar-refractivity contribution in [2.75, 3.05) is 19.8 Å². The Morgan fingerprint density at radius 2 is 2.17 bits per heavy atom. The van der Waals surface area contributed by atoms with Crippen LogP contribution in [0.4, 0.5) is 4.79 Å². The molecule has 0 saturated heterocycles. The lowest BCUT2D eigenvalue weighted by Crippen LogP contribution is -2.46. The normalized spacial score (nSPS) is 28.3. The van der Waals surface area contributed by atoms with E-state index in [0.717, 1.165) is 32.6 Å². The SMILES string of the molecule is CCOCCC1(CNC(=O)N[C@H]2C[C@H]2C)CCC1. The summed E-state index contributed by atoms with van der Waals surface area (Å²) < 4.78 is 5.43. The minimum Gasteiger partial charge on any atom is -0.382 e. The highest BCUT2D eigenvalue weighted by atomic mass is 16.5. The highest BCUT2D eigenvalue weighted by Crippen LogP contribution is 2.43. The van der Waals surface area contributed by atoms with Crippen molar-refractivity contribution in [3.8, 4) is 0 Å². The molecule has 2 aliphatic rings. The second-order valence-electron chi connectivity index (χ2n) is 5.95. The Morgan fingerprint density at radius 1 is 1.44 bits per heavy atom. The van der Waals surface area contributed by atoms with E-state index in [1.54, 1.807) is 0 Å².